The molecule has 0 aliphatic rings. The topological polar surface area (TPSA) is 84.5 Å². The molecule has 0 bridgehead atoms. The van der Waals surface area contributed by atoms with Crippen molar-refractivity contribution in [2.75, 3.05) is 18.5 Å². The van der Waals surface area contributed by atoms with Crippen LogP contribution in [0.15, 0.2) is 53.4 Å². The zero-order valence-electron chi connectivity index (χ0n) is 14.6. The molecule has 0 aliphatic carbocycles. The van der Waals surface area contributed by atoms with Crippen LogP contribution in [0.5, 0.6) is 5.75 Å². The third kappa shape index (κ3) is 6.24. The number of benzene rings is 2. The number of hydrogen-bond donors (Lipinski definition) is 2. The summed E-state index contributed by atoms with van der Waals surface area (Å²) in [5.41, 5.74) is 1.62. The van der Waals surface area contributed by atoms with Gasteiger partial charge in [0.1, 0.15) is 12.4 Å². The van der Waals surface area contributed by atoms with Crippen molar-refractivity contribution >= 4 is 21.6 Å². The lowest BCUT2D eigenvalue weighted by molar-refractivity contribution is -0.114. The highest BCUT2D eigenvalue weighted by Gasteiger charge is 2.11. The third-order valence-corrected chi connectivity index (χ3v) is 4.69. The minimum absolute atomic E-state index is 0.00843. The molecule has 2 aromatic rings. The SMILES string of the molecule is CC(=O)Nc1cccc(OCC#CCNS(=O)(=O)c2ccc(C)cc2)c1. The molecule has 0 saturated heterocycles. The number of sulfonamides is 1. The van der Waals surface area contributed by atoms with Crippen molar-refractivity contribution in [3.8, 4) is 17.6 Å². The zero-order chi connectivity index (χ0) is 19.0. The van der Waals surface area contributed by atoms with Crippen LogP contribution in [-0.4, -0.2) is 27.5 Å². The molecule has 136 valence electrons. The highest BCUT2D eigenvalue weighted by Crippen LogP contribution is 2.17. The zero-order valence-corrected chi connectivity index (χ0v) is 15.4. The molecule has 0 saturated carbocycles. The highest BCUT2D eigenvalue weighted by molar-refractivity contribution is 7.89. The number of nitrogens with one attached hydrogen (secondary N) is 2. The smallest absolute Gasteiger partial charge is 0.241 e. The molecule has 2 rings (SSSR count). The molecule has 26 heavy (non-hydrogen) atoms. The van der Waals surface area contributed by atoms with E-state index in [1.165, 1.54) is 6.92 Å². The second-order valence-electron chi connectivity index (χ2n) is 5.49. The van der Waals surface area contributed by atoms with Crippen LogP contribution in [0.1, 0.15) is 12.5 Å². The molecule has 0 heterocycles. The van der Waals surface area contributed by atoms with E-state index in [2.05, 4.69) is 21.9 Å². The van der Waals surface area contributed by atoms with Crippen LogP contribution in [0, 0.1) is 18.8 Å². The molecule has 0 aliphatic heterocycles. The van der Waals surface area contributed by atoms with Gasteiger partial charge in [0.05, 0.1) is 11.4 Å². The Kier molecular flexibility index (Phi) is 6.78. The summed E-state index contributed by atoms with van der Waals surface area (Å²) in [6.07, 6.45) is 0. The van der Waals surface area contributed by atoms with Crippen molar-refractivity contribution in [3.63, 3.8) is 0 Å². The minimum atomic E-state index is -3.57. The van der Waals surface area contributed by atoms with Crippen molar-refractivity contribution in [2.45, 2.75) is 18.7 Å². The molecular formula is C19H20N2O4S. The van der Waals surface area contributed by atoms with E-state index in [4.69, 9.17) is 4.74 Å². The van der Waals surface area contributed by atoms with Crippen LogP contribution >= 0.6 is 0 Å². The Labute approximate surface area is 153 Å². The average Bonchev–Trinajstić information content (AvgIpc) is 2.58. The molecule has 6 nitrogen and oxygen atoms in total. The molecule has 0 unspecified atom stereocenters. The molecular weight excluding hydrogens is 352 g/mol. The fraction of sp³-hybridized carbons (Fsp3) is 0.211. The number of ether oxygens (including phenoxy) is 1. The average molecular weight is 372 g/mol. The highest BCUT2D eigenvalue weighted by atomic mass is 32.2. The lowest BCUT2D eigenvalue weighted by atomic mass is 10.2. The maximum atomic E-state index is 12.1. The molecule has 2 aromatic carbocycles. The van der Waals surface area contributed by atoms with Crippen LogP contribution < -0.4 is 14.8 Å². The minimum Gasteiger partial charge on any atom is -0.481 e. The number of amides is 1. The lowest BCUT2D eigenvalue weighted by Crippen LogP contribution is -2.24. The van der Waals surface area contributed by atoms with E-state index in [1.807, 2.05) is 6.92 Å². The van der Waals surface area contributed by atoms with Gasteiger partial charge in [-0.2, -0.15) is 4.72 Å². The van der Waals surface area contributed by atoms with Gasteiger partial charge in [-0.3, -0.25) is 4.79 Å². The van der Waals surface area contributed by atoms with Gasteiger partial charge in [0.15, 0.2) is 0 Å². The van der Waals surface area contributed by atoms with Gasteiger partial charge in [-0.15, -0.1) is 0 Å². The van der Waals surface area contributed by atoms with E-state index >= 15 is 0 Å². The summed E-state index contributed by atoms with van der Waals surface area (Å²) >= 11 is 0. The first-order valence-electron chi connectivity index (χ1n) is 7.89. The summed E-state index contributed by atoms with van der Waals surface area (Å²) in [5.74, 6) is 5.84. The molecule has 0 fully saturated rings. The first kappa shape index (κ1) is 19.5. The quantitative estimate of drug-likeness (QED) is 0.762. The fourth-order valence-electron chi connectivity index (χ4n) is 2.03. The van der Waals surface area contributed by atoms with Gasteiger partial charge in [-0.1, -0.05) is 35.6 Å². The van der Waals surface area contributed by atoms with E-state index in [9.17, 15) is 13.2 Å². The van der Waals surface area contributed by atoms with E-state index in [-0.39, 0.29) is 24.0 Å². The number of rotatable bonds is 6. The fourth-order valence-corrected chi connectivity index (χ4v) is 2.95. The maximum absolute atomic E-state index is 12.1. The summed E-state index contributed by atoms with van der Waals surface area (Å²) in [5, 5.41) is 2.66. The predicted molar refractivity (Wildman–Crippen MR) is 100 cm³/mol. The molecule has 0 spiro atoms. The van der Waals surface area contributed by atoms with E-state index in [0.717, 1.165) is 5.56 Å². The van der Waals surface area contributed by atoms with Crippen molar-refractivity contribution in [1.82, 2.24) is 4.72 Å². The van der Waals surface area contributed by atoms with E-state index in [0.29, 0.717) is 11.4 Å². The van der Waals surface area contributed by atoms with Gasteiger partial charge in [-0.25, -0.2) is 8.42 Å². The first-order valence-corrected chi connectivity index (χ1v) is 9.38. The second kappa shape index (κ2) is 9.04. The number of carbonyl (C=O) groups excluding carboxylic acids is 1. The second-order valence-corrected chi connectivity index (χ2v) is 7.26. The van der Waals surface area contributed by atoms with Gasteiger partial charge in [0.25, 0.3) is 0 Å². The summed E-state index contributed by atoms with van der Waals surface area (Å²) in [6, 6.07) is 13.5. The van der Waals surface area contributed by atoms with Gasteiger partial charge in [-0.05, 0) is 31.2 Å². The molecule has 7 heteroatoms. The standard InChI is InChI=1S/C19H20N2O4S/c1-15-8-10-19(11-9-15)26(23,24)20-12-3-4-13-25-18-7-5-6-17(14-18)21-16(2)22/h5-11,14,20H,12-13H2,1-2H3,(H,21,22). The summed E-state index contributed by atoms with van der Waals surface area (Å²) < 4.78 is 32.0. The predicted octanol–water partition coefficient (Wildman–Crippen LogP) is 2.31. The Hall–Kier alpha value is -2.82. The Morgan fingerprint density at radius 1 is 1.12 bits per heavy atom. The van der Waals surface area contributed by atoms with Crippen LogP contribution in [0.2, 0.25) is 0 Å². The van der Waals surface area contributed by atoms with Gasteiger partial charge < -0.3 is 10.1 Å². The van der Waals surface area contributed by atoms with Gasteiger partial charge in [0.2, 0.25) is 15.9 Å². The van der Waals surface area contributed by atoms with Gasteiger partial charge in [0, 0.05) is 18.7 Å². The van der Waals surface area contributed by atoms with Crippen molar-refractivity contribution in [1.29, 1.82) is 0 Å². The van der Waals surface area contributed by atoms with Crippen LogP contribution in [0.4, 0.5) is 5.69 Å². The van der Waals surface area contributed by atoms with Crippen molar-refractivity contribution in [2.24, 2.45) is 0 Å². The van der Waals surface area contributed by atoms with Crippen LogP contribution in [0.25, 0.3) is 0 Å². The largest absolute Gasteiger partial charge is 0.481 e. The summed E-state index contributed by atoms with van der Waals surface area (Å²) in [4.78, 5) is 11.2. The molecule has 0 aromatic heterocycles. The summed E-state index contributed by atoms with van der Waals surface area (Å²) in [7, 11) is -3.57. The molecule has 0 radical (unpaired) electrons. The first-order chi connectivity index (χ1) is 12.4. The lowest BCUT2D eigenvalue weighted by Gasteiger charge is -2.05. The number of hydrogen-bond acceptors (Lipinski definition) is 4. The number of aryl methyl sites for hydroxylation is 1. The monoisotopic (exact) mass is 372 g/mol. The Morgan fingerprint density at radius 3 is 2.54 bits per heavy atom. The Bertz CT molecular complexity index is 926. The van der Waals surface area contributed by atoms with Crippen LogP contribution in [-0.2, 0) is 14.8 Å². The maximum Gasteiger partial charge on any atom is 0.241 e. The van der Waals surface area contributed by atoms with E-state index < -0.39 is 10.0 Å². The van der Waals surface area contributed by atoms with Crippen molar-refractivity contribution < 1.29 is 17.9 Å². The molecule has 1 amide bonds. The van der Waals surface area contributed by atoms with E-state index in [1.54, 1.807) is 48.5 Å². The van der Waals surface area contributed by atoms with Gasteiger partial charge >= 0.3 is 0 Å². The Balaban J connectivity index is 1.82. The summed E-state index contributed by atoms with van der Waals surface area (Å²) in [6.45, 7) is 3.42. The normalized spacial score (nSPS) is 10.5. The number of anilines is 1. The molecule has 0 atom stereocenters. The Morgan fingerprint density at radius 2 is 1.85 bits per heavy atom. The number of carbonyl (C=O) groups is 1. The molecule has 2 N–H and O–H groups in total. The van der Waals surface area contributed by atoms with Crippen LogP contribution in [0.3, 0.4) is 0 Å². The van der Waals surface area contributed by atoms with Crippen molar-refractivity contribution in [3.05, 3.63) is 54.1 Å². The third-order valence-electron chi connectivity index (χ3n) is 3.27.